The maximum Gasteiger partial charge on any atom is 0.101 e. The van der Waals surface area contributed by atoms with Crippen molar-refractivity contribution in [3.8, 4) is 11.1 Å². The largest absolute Gasteiger partial charge is 0.383 e. The SMILES string of the molecule is COCCN1CCC(=NN=C2c3ccccc3-c3ccccc32)CC1. The maximum absolute atomic E-state index is 5.16. The molecule has 0 atom stereocenters. The van der Waals surface area contributed by atoms with Gasteiger partial charge in [-0.3, -0.25) is 0 Å². The highest BCUT2D eigenvalue weighted by molar-refractivity contribution is 6.24. The van der Waals surface area contributed by atoms with E-state index in [1.165, 1.54) is 28.0 Å². The van der Waals surface area contributed by atoms with Gasteiger partial charge in [-0.15, -0.1) is 5.10 Å². The molecule has 1 aliphatic carbocycles. The van der Waals surface area contributed by atoms with Crippen molar-refractivity contribution < 1.29 is 4.74 Å². The molecule has 4 rings (SSSR count). The Morgan fingerprint density at radius 1 is 0.840 bits per heavy atom. The molecule has 0 aromatic heterocycles. The van der Waals surface area contributed by atoms with E-state index in [4.69, 9.17) is 4.74 Å². The van der Waals surface area contributed by atoms with Crippen molar-refractivity contribution >= 4 is 11.4 Å². The van der Waals surface area contributed by atoms with Crippen LogP contribution in [0.2, 0.25) is 0 Å². The monoisotopic (exact) mass is 333 g/mol. The van der Waals surface area contributed by atoms with E-state index in [0.29, 0.717) is 0 Å². The zero-order valence-electron chi connectivity index (χ0n) is 14.6. The molecule has 0 unspecified atom stereocenters. The molecular weight excluding hydrogens is 310 g/mol. The van der Waals surface area contributed by atoms with Gasteiger partial charge in [-0.25, -0.2) is 0 Å². The van der Waals surface area contributed by atoms with Gasteiger partial charge in [0, 0.05) is 56.4 Å². The molecule has 0 bridgehead atoms. The van der Waals surface area contributed by atoms with E-state index in [1.54, 1.807) is 7.11 Å². The van der Waals surface area contributed by atoms with Gasteiger partial charge in [-0.1, -0.05) is 48.5 Å². The van der Waals surface area contributed by atoms with Crippen molar-refractivity contribution in [2.24, 2.45) is 10.2 Å². The number of nitrogens with zero attached hydrogens (tertiary/aromatic N) is 3. The summed E-state index contributed by atoms with van der Waals surface area (Å²) in [6.07, 6.45) is 1.98. The quantitative estimate of drug-likeness (QED) is 0.684. The third-order valence-corrected chi connectivity index (χ3v) is 4.99. The minimum Gasteiger partial charge on any atom is -0.383 e. The fraction of sp³-hybridized carbons (Fsp3) is 0.333. The van der Waals surface area contributed by atoms with E-state index in [9.17, 15) is 0 Å². The van der Waals surface area contributed by atoms with Gasteiger partial charge < -0.3 is 9.64 Å². The lowest BCUT2D eigenvalue weighted by Crippen LogP contribution is -2.36. The second kappa shape index (κ2) is 7.30. The number of hydrogen-bond acceptors (Lipinski definition) is 4. The van der Waals surface area contributed by atoms with Crippen molar-refractivity contribution in [2.45, 2.75) is 12.8 Å². The van der Waals surface area contributed by atoms with E-state index in [1.807, 2.05) is 0 Å². The Kier molecular flexibility index (Phi) is 4.72. The Labute approximate surface area is 148 Å². The fourth-order valence-corrected chi connectivity index (χ4v) is 3.58. The molecule has 1 heterocycles. The second-order valence-electron chi connectivity index (χ2n) is 6.54. The molecule has 1 fully saturated rings. The Balaban J connectivity index is 1.56. The minimum absolute atomic E-state index is 0.794. The smallest absolute Gasteiger partial charge is 0.101 e. The highest BCUT2D eigenvalue weighted by Crippen LogP contribution is 2.36. The van der Waals surface area contributed by atoms with E-state index in [2.05, 4.69) is 63.6 Å². The zero-order chi connectivity index (χ0) is 17.1. The summed E-state index contributed by atoms with van der Waals surface area (Å²) in [7, 11) is 1.75. The Hall–Kier alpha value is -2.30. The second-order valence-corrected chi connectivity index (χ2v) is 6.54. The number of ether oxygens (including phenoxy) is 1. The molecule has 2 aliphatic rings. The van der Waals surface area contributed by atoms with Gasteiger partial charge in [-0.05, 0) is 11.1 Å². The molecule has 1 saturated heterocycles. The highest BCUT2D eigenvalue weighted by Gasteiger charge is 2.24. The molecule has 2 aromatic rings. The summed E-state index contributed by atoms with van der Waals surface area (Å²) in [4.78, 5) is 2.43. The van der Waals surface area contributed by atoms with Gasteiger partial charge in [0.15, 0.2) is 0 Å². The van der Waals surface area contributed by atoms with Crippen LogP contribution in [-0.2, 0) is 4.74 Å². The summed E-state index contributed by atoms with van der Waals surface area (Å²) >= 11 is 0. The van der Waals surface area contributed by atoms with Crippen LogP contribution in [0.25, 0.3) is 11.1 Å². The van der Waals surface area contributed by atoms with Crippen LogP contribution < -0.4 is 0 Å². The minimum atomic E-state index is 0.794. The van der Waals surface area contributed by atoms with Gasteiger partial charge in [0.25, 0.3) is 0 Å². The molecule has 4 heteroatoms. The van der Waals surface area contributed by atoms with E-state index in [-0.39, 0.29) is 0 Å². The van der Waals surface area contributed by atoms with Crippen molar-refractivity contribution in [2.75, 3.05) is 33.4 Å². The fourth-order valence-electron chi connectivity index (χ4n) is 3.58. The van der Waals surface area contributed by atoms with Crippen molar-refractivity contribution in [3.05, 3.63) is 59.7 Å². The lowest BCUT2D eigenvalue weighted by molar-refractivity contribution is 0.147. The standard InChI is InChI=1S/C21H23N3O/c1-25-15-14-24-12-10-16(11-13-24)22-23-21-19-8-4-2-6-17(19)18-7-3-5-9-20(18)21/h2-9H,10-15H2,1H3. The van der Waals surface area contributed by atoms with Crippen LogP contribution in [0.5, 0.6) is 0 Å². The summed E-state index contributed by atoms with van der Waals surface area (Å²) in [5, 5.41) is 9.30. The maximum atomic E-state index is 5.16. The summed E-state index contributed by atoms with van der Waals surface area (Å²) in [5.74, 6) is 0. The Morgan fingerprint density at radius 3 is 1.96 bits per heavy atom. The molecule has 2 aromatic carbocycles. The molecule has 0 radical (unpaired) electrons. The predicted octanol–water partition coefficient (Wildman–Crippen LogP) is 3.60. The molecule has 0 amide bonds. The molecule has 4 nitrogen and oxygen atoms in total. The first kappa shape index (κ1) is 16.2. The first-order valence-corrected chi connectivity index (χ1v) is 8.90. The number of hydrogen-bond donors (Lipinski definition) is 0. The number of rotatable bonds is 4. The van der Waals surface area contributed by atoms with Crippen LogP contribution in [0.1, 0.15) is 24.0 Å². The molecule has 0 N–H and O–H groups in total. The van der Waals surface area contributed by atoms with Crippen LogP contribution in [0.4, 0.5) is 0 Å². The summed E-state index contributed by atoms with van der Waals surface area (Å²) in [6, 6.07) is 16.9. The summed E-state index contributed by atoms with van der Waals surface area (Å²) in [6.45, 7) is 3.88. The predicted molar refractivity (Wildman–Crippen MR) is 103 cm³/mol. The van der Waals surface area contributed by atoms with Crippen LogP contribution in [0.15, 0.2) is 58.7 Å². The van der Waals surface area contributed by atoms with E-state index < -0.39 is 0 Å². The first-order valence-electron chi connectivity index (χ1n) is 8.90. The number of fused-ring (bicyclic) bond motifs is 3. The summed E-state index contributed by atoms with van der Waals surface area (Å²) in [5.41, 5.74) is 7.08. The van der Waals surface area contributed by atoms with E-state index in [0.717, 1.165) is 44.8 Å². The van der Waals surface area contributed by atoms with Gasteiger partial charge in [0.05, 0.1) is 6.61 Å². The van der Waals surface area contributed by atoms with Gasteiger partial charge >= 0.3 is 0 Å². The number of methoxy groups -OCH3 is 1. The molecule has 1 aliphatic heterocycles. The normalized spacial score (nSPS) is 16.5. The molecule has 128 valence electrons. The average molecular weight is 333 g/mol. The highest BCUT2D eigenvalue weighted by atomic mass is 16.5. The molecule has 25 heavy (non-hydrogen) atoms. The molecule has 0 saturated carbocycles. The van der Waals surface area contributed by atoms with Crippen LogP contribution in [-0.4, -0.2) is 49.7 Å². The topological polar surface area (TPSA) is 37.2 Å². The average Bonchev–Trinajstić information content (AvgIpc) is 2.99. The number of likely N-dealkylation sites (tertiary alicyclic amines) is 1. The number of benzene rings is 2. The Bertz CT molecular complexity index is 768. The van der Waals surface area contributed by atoms with Gasteiger partial charge in [0.1, 0.15) is 5.71 Å². The summed E-state index contributed by atoms with van der Waals surface area (Å²) < 4.78 is 5.16. The lowest BCUT2D eigenvalue weighted by Gasteiger charge is -2.26. The van der Waals surface area contributed by atoms with Crippen molar-refractivity contribution in [1.29, 1.82) is 0 Å². The molecule has 0 spiro atoms. The van der Waals surface area contributed by atoms with Crippen LogP contribution in [0.3, 0.4) is 0 Å². The zero-order valence-corrected chi connectivity index (χ0v) is 14.6. The number of piperidine rings is 1. The van der Waals surface area contributed by atoms with Crippen LogP contribution >= 0.6 is 0 Å². The first-order chi connectivity index (χ1) is 12.4. The third-order valence-electron chi connectivity index (χ3n) is 4.99. The van der Waals surface area contributed by atoms with Gasteiger partial charge in [0.2, 0.25) is 0 Å². The van der Waals surface area contributed by atoms with Crippen molar-refractivity contribution in [3.63, 3.8) is 0 Å². The Morgan fingerprint density at radius 2 is 1.40 bits per heavy atom. The molecular formula is C21H23N3O. The third kappa shape index (κ3) is 3.28. The van der Waals surface area contributed by atoms with Crippen LogP contribution in [0, 0.1) is 0 Å². The van der Waals surface area contributed by atoms with Gasteiger partial charge in [-0.2, -0.15) is 5.10 Å². The van der Waals surface area contributed by atoms with Crippen molar-refractivity contribution in [1.82, 2.24) is 4.90 Å². The van der Waals surface area contributed by atoms with E-state index >= 15 is 0 Å². The lowest BCUT2D eigenvalue weighted by atomic mass is 10.1.